The Morgan fingerprint density at radius 1 is 1.56 bits per heavy atom. The van der Waals surface area contributed by atoms with E-state index in [-0.39, 0.29) is 0 Å². The molecule has 0 heterocycles. The van der Waals surface area contributed by atoms with Crippen LogP contribution in [0.3, 0.4) is 0 Å². The lowest BCUT2D eigenvalue weighted by atomic mass is 13.9. The molecule has 0 saturated carbocycles. The number of halogens is 1. The van der Waals surface area contributed by atoms with Gasteiger partial charge in [0.05, 0.1) is 0 Å². The van der Waals surface area contributed by atoms with Crippen LogP contribution in [0.5, 0.6) is 0 Å². The molecule has 0 aliphatic carbocycles. The zero-order valence-corrected chi connectivity index (χ0v) is 5.56. The summed E-state index contributed by atoms with van der Waals surface area (Å²) in [5.74, 6) is 0. The van der Waals surface area contributed by atoms with Crippen molar-refractivity contribution < 1.29 is 26.6 Å². The van der Waals surface area contributed by atoms with Crippen molar-refractivity contribution in [3.05, 3.63) is 0 Å². The molecule has 0 aliphatic heterocycles. The lowest BCUT2D eigenvalue weighted by molar-refractivity contribution is 0.415. The first-order chi connectivity index (χ1) is 3.71. The number of rotatable bonds is 2. The van der Waals surface area contributed by atoms with Crippen molar-refractivity contribution in [3.63, 3.8) is 0 Å². The molecule has 6 nitrogen and oxygen atoms in total. The highest BCUT2D eigenvalue weighted by molar-refractivity contribution is 7.89. The topological polar surface area (TPSA) is 104 Å². The maximum Gasteiger partial charge on any atom is 0.455 e. The standard InChI is InChI=1S/FH3NO5PS/c1-8(3,4)2-9(5,6)7/h(H2,2,3,4)(H,5,6,7). The molecule has 1 atom stereocenters. The SMILES string of the molecule is O=P(O)(F)NS(=O)(=O)O. The van der Waals surface area contributed by atoms with Gasteiger partial charge in [0.15, 0.2) is 0 Å². The Morgan fingerprint density at radius 3 is 1.89 bits per heavy atom. The summed E-state index contributed by atoms with van der Waals surface area (Å²) in [6.07, 6.45) is 0. The number of nitrogens with one attached hydrogen (secondary N) is 1. The highest BCUT2D eigenvalue weighted by atomic mass is 32.2. The monoisotopic (exact) mass is 179 g/mol. The van der Waals surface area contributed by atoms with E-state index in [4.69, 9.17) is 9.45 Å². The van der Waals surface area contributed by atoms with E-state index in [2.05, 4.69) is 0 Å². The van der Waals surface area contributed by atoms with E-state index in [1.165, 1.54) is 0 Å². The van der Waals surface area contributed by atoms with Crippen molar-refractivity contribution in [1.82, 2.24) is 4.49 Å². The fourth-order valence-electron chi connectivity index (χ4n) is 0.142. The maximum atomic E-state index is 11.3. The van der Waals surface area contributed by atoms with Crippen LogP contribution in [-0.4, -0.2) is 17.9 Å². The molecule has 0 amide bonds. The maximum absolute atomic E-state index is 11.3. The van der Waals surface area contributed by atoms with Crippen LogP contribution in [0.15, 0.2) is 0 Å². The molecule has 3 N–H and O–H groups in total. The van der Waals surface area contributed by atoms with Gasteiger partial charge in [-0.1, -0.05) is 4.49 Å². The van der Waals surface area contributed by atoms with E-state index in [9.17, 15) is 17.2 Å². The van der Waals surface area contributed by atoms with Crippen LogP contribution in [0.1, 0.15) is 0 Å². The van der Waals surface area contributed by atoms with Gasteiger partial charge >= 0.3 is 18.1 Å². The van der Waals surface area contributed by atoms with E-state index in [0.717, 1.165) is 0 Å². The number of hydrogen-bond acceptors (Lipinski definition) is 3. The van der Waals surface area contributed by atoms with E-state index in [1.807, 2.05) is 0 Å². The molecule has 0 rings (SSSR count). The van der Waals surface area contributed by atoms with Gasteiger partial charge in [0.1, 0.15) is 0 Å². The van der Waals surface area contributed by atoms with Gasteiger partial charge in [-0.2, -0.15) is 8.42 Å². The molecule has 0 saturated heterocycles. The third-order valence-corrected chi connectivity index (χ3v) is 2.05. The molecule has 0 spiro atoms. The van der Waals surface area contributed by atoms with E-state index >= 15 is 0 Å². The van der Waals surface area contributed by atoms with E-state index in [0.29, 0.717) is 4.49 Å². The zero-order valence-electron chi connectivity index (χ0n) is 3.85. The van der Waals surface area contributed by atoms with Crippen molar-refractivity contribution >= 4 is 18.1 Å². The van der Waals surface area contributed by atoms with Gasteiger partial charge in [-0.05, 0) is 0 Å². The Labute approximate surface area is 50.2 Å². The van der Waals surface area contributed by atoms with Crippen LogP contribution in [0.4, 0.5) is 4.20 Å². The summed E-state index contributed by atoms with van der Waals surface area (Å²) in [6, 6.07) is 0. The van der Waals surface area contributed by atoms with Crippen LogP contribution in [0, 0.1) is 0 Å². The largest absolute Gasteiger partial charge is 0.455 e. The summed E-state index contributed by atoms with van der Waals surface area (Å²) in [7, 11) is -10.3. The Hall–Kier alpha value is -0.0100. The van der Waals surface area contributed by atoms with Crippen LogP contribution >= 0.6 is 7.83 Å². The van der Waals surface area contributed by atoms with E-state index in [1.54, 1.807) is 0 Å². The lowest BCUT2D eigenvalue weighted by Crippen LogP contribution is -2.16. The molecule has 1 unspecified atom stereocenters. The second kappa shape index (κ2) is 2.31. The Balaban J connectivity index is 4.26. The molecule has 0 bridgehead atoms. The van der Waals surface area contributed by atoms with Crippen molar-refractivity contribution in [2.45, 2.75) is 0 Å². The van der Waals surface area contributed by atoms with Crippen LogP contribution in [0.2, 0.25) is 0 Å². The average Bonchev–Trinajstić information content (AvgIpc) is 1.14. The summed E-state index contributed by atoms with van der Waals surface area (Å²) < 4.78 is 47.9. The van der Waals surface area contributed by atoms with E-state index < -0.39 is 18.1 Å². The fourth-order valence-corrected chi connectivity index (χ4v) is 1.28. The molecule has 0 radical (unpaired) electrons. The molecule has 0 aromatic heterocycles. The van der Waals surface area contributed by atoms with Gasteiger partial charge in [0, 0.05) is 0 Å². The first-order valence-corrected chi connectivity index (χ1v) is 4.49. The molecule has 56 valence electrons. The Bertz CT molecular complexity index is 223. The van der Waals surface area contributed by atoms with Gasteiger partial charge < -0.3 is 4.89 Å². The Kier molecular flexibility index (Phi) is 2.31. The van der Waals surface area contributed by atoms with Crippen LogP contribution < -0.4 is 4.49 Å². The minimum Gasteiger partial charge on any atom is -0.309 e. The third-order valence-electron chi connectivity index (χ3n) is 0.228. The highest BCUT2D eigenvalue weighted by Gasteiger charge is 2.22. The minimum absolute atomic E-state index is 0.431. The van der Waals surface area contributed by atoms with Gasteiger partial charge in [-0.3, -0.25) is 4.55 Å². The number of hydrogen-bond donors (Lipinski definition) is 3. The molecule has 0 fully saturated rings. The Morgan fingerprint density at radius 2 is 1.89 bits per heavy atom. The quantitative estimate of drug-likeness (QED) is 0.389. The van der Waals surface area contributed by atoms with Gasteiger partial charge in [0.2, 0.25) is 0 Å². The summed E-state index contributed by atoms with van der Waals surface area (Å²) >= 11 is 0. The zero-order chi connectivity index (χ0) is 7.71. The predicted molar refractivity (Wildman–Crippen MR) is 25.6 cm³/mol. The molecule has 9 heavy (non-hydrogen) atoms. The van der Waals surface area contributed by atoms with Gasteiger partial charge in [-0.25, -0.2) is 4.57 Å². The minimum atomic E-state index is -5.38. The van der Waals surface area contributed by atoms with Crippen molar-refractivity contribution in [3.8, 4) is 0 Å². The second-order valence-electron chi connectivity index (χ2n) is 1.07. The first-order valence-electron chi connectivity index (χ1n) is 1.50. The van der Waals surface area contributed by atoms with Crippen molar-refractivity contribution in [2.75, 3.05) is 0 Å². The van der Waals surface area contributed by atoms with Crippen molar-refractivity contribution in [2.24, 2.45) is 0 Å². The normalized spacial score (nSPS) is 19.0. The predicted octanol–water partition coefficient (Wildman–Crippen LogP) is -0.551. The molecule has 0 aromatic carbocycles. The molecular weight excluding hydrogens is 176 g/mol. The molecule has 9 heteroatoms. The van der Waals surface area contributed by atoms with Gasteiger partial charge in [0.25, 0.3) is 0 Å². The van der Waals surface area contributed by atoms with Gasteiger partial charge in [-0.15, -0.1) is 4.20 Å². The fraction of sp³-hybridized carbons (Fsp3) is 0. The van der Waals surface area contributed by atoms with Crippen LogP contribution in [0.25, 0.3) is 0 Å². The highest BCUT2D eigenvalue weighted by Crippen LogP contribution is 2.36. The van der Waals surface area contributed by atoms with Crippen LogP contribution in [-0.2, 0) is 14.9 Å². The molecule has 0 aliphatic rings. The van der Waals surface area contributed by atoms with Crippen molar-refractivity contribution in [1.29, 1.82) is 0 Å². The molecule has 0 aromatic rings. The smallest absolute Gasteiger partial charge is 0.309 e. The molecular formula is H3FNO5PS. The first kappa shape index (κ1) is 8.99. The lowest BCUT2D eigenvalue weighted by Gasteiger charge is -1.97. The third kappa shape index (κ3) is 7.99. The summed E-state index contributed by atoms with van der Waals surface area (Å²) in [5, 5.41) is 0. The second-order valence-corrected chi connectivity index (χ2v) is 3.75. The average molecular weight is 179 g/mol. The summed E-state index contributed by atoms with van der Waals surface area (Å²) in [4.78, 5) is 7.59. The summed E-state index contributed by atoms with van der Waals surface area (Å²) in [6.45, 7) is 0. The summed E-state index contributed by atoms with van der Waals surface area (Å²) in [5.41, 5.74) is 0.